The Kier molecular flexibility index (Phi) is 2.57. The second kappa shape index (κ2) is 3.80. The number of hydrogen-bond donors (Lipinski definition) is 1. The zero-order chi connectivity index (χ0) is 12.7. The Labute approximate surface area is 100.0 Å². The van der Waals surface area contributed by atoms with Crippen molar-refractivity contribution < 1.29 is 4.74 Å². The summed E-state index contributed by atoms with van der Waals surface area (Å²) in [4.78, 5) is 0. The summed E-state index contributed by atoms with van der Waals surface area (Å²) in [6.45, 7) is 5.71. The van der Waals surface area contributed by atoms with Crippen LogP contribution in [0.5, 0.6) is 11.6 Å². The van der Waals surface area contributed by atoms with Crippen molar-refractivity contribution in [2.24, 2.45) is 14.1 Å². The normalized spacial score (nSPS) is 10.9. The Morgan fingerprint density at radius 1 is 1.00 bits per heavy atom. The third kappa shape index (κ3) is 1.75. The smallest absolute Gasteiger partial charge is 0.241 e. The SMILES string of the molecule is Cc1nn(C)c(Oc2c(C)nn(C)c2C)c1N. The summed E-state index contributed by atoms with van der Waals surface area (Å²) >= 11 is 0. The number of anilines is 1. The van der Waals surface area contributed by atoms with Crippen molar-refractivity contribution in [1.82, 2.24) is 19.6 Å². The molecule has 6 nitrogen and oxygen atoms in total. The van der Waals surface area contributed by atoms with Crippen LogP contribution in [-0.4, -0.2) is 19.6 Å². The fourth-order valence-electron chi connectivity index (χ4n) is 1.77. The summed E-state index contributed by atoms with van der Waals surface area (Å²) in [5, 5.41) is 8.51. The molecule has 2 heterocycles. The van der Waals surface area contributed by atoms with Gasteiger partial charge >= 0.3 is 0 Å². The maximum absolute atomic E-state index is 5.92. The lowest BCUT2D eigenvalue weighted by Gasteiger charge is -2.06. The number of hydrogen-bond acceptors (Lipinski definition) is 4. The van der Waals surface area contributed by atoms with Crippen LogP contribution < -0.4 is 10.5 Å². The first-order valence-corrected chi connectivity index (χ1v) is 5.39. The molecule has 2 rings (SSSR count). The van der Waals surface area contributed by atoms with Gasteiger partial charge in [0.05, 0.1) is 11.4 Å². The molecule has 0 aromatic carbocycles. The molecule has 0 radical (unpaired) electrons. The largest absolute Gasteiger partial charge is 0.433 e. The third-order valence-corrected chi connectivity index (χ3v) is 2.86. The molecule has 0 bridgehead atoms. The lowest BCUT2D eigenvalue weighted by Crippen LogP contribution is -1.98. The maximum Gasteiger partial charge on any atom is 0.241 e. The van der Waals surface area contributed by atoms with Crippen LogP contribution in [0.15, 0.2) is 0 Å². The van der Waals surface area contributed by atoms with E-state index in [9.17, 15) is 0 Å². The maximum atomic E-state index is 5.92. The number of aryl methyl sites for hydroxylation is 4. The van der Waals surface area contributed by atoms with Crippen LogP contribution in [0, 0.1) is 20.8 Å². The Bertz CT molecular complexity index is 517. The summed E-state index contributed by atoms with van der Waals surface area (Å²) in [6.07, 6.45) is 0. The summed E-state index contributed by atoms with van der Waals surface area (Å²) in [7, 11) is 3.69. The molecule has 2 aromatic rings. The van der Waals surface area contributed by atoms with Crippen LogP contribution in [0.2, 0.25) is 0 Å². The minimum Gasteiger partial charge on any atom is -0.433 e. The van der Waals surface area contributed by atoms with Crippen LogP contribution in [0.25, 0.3) is 0 Å². The fourth-order valence-corrected chi connectivity index (χ4v) is 1.77. The van der Waals surface area contributed by atoms with Gasteiger partial charge in [-0.05, 0) is 20.8 Å². The zero-order valence-corrected chi connectivity index (χ0v) is 10.8. The molecule has 17 heavy (non-hydrogen) atoms. The predicted molar refractivity (Wildman–Crippen MR) is 65.1 cm³/mol. The van der Waals surface area contributed by atoms with Gasteiger partial charge in [-0.3, -0.25) is 4.68 Å². The Hall–Kier alpha value is -1.98. The average molecular weight is 235 g/mol. The Morgan fingerprint density at radius 2 is 1.59 bits per heavy atom. The van der Waals surface area contributed by atoms with E-state index in [4.69, 9.17) is 10.5 Å². The highest BCUT2D eigenvalue weighted by Gasteiger charge is 2.17. The van der Waals surface area contributed by atoms with Gasteiger partial charge in [-0.1, -0.05) is 0 Å². The second-order valence-electron chi connectivity index (χ2n) is 4.15. The minimum absolute atomic E-state index is 0.557. The average Bonchev–Trinajstić information content (AvgIpc) is 2.62. The summed E-state index contributed by atoms with van der Waals surface area (Å²) in [5.41, 5.74) is 9.05. The van der Waals surface area contributed by atoms with Crippen molar-refractivity contribution in [2.45, 2.75) is 20.8 Å². The van der Waals surface area contributed by atoms with E-state index in [1.54, 1.807) is 16.4 Å². The first-order valence-electron chi connectivity index (χ1n) is 5.39. The second-order valence-corrected chi connectivity index (χ2v) is 4.15. The van der Waals surface area contributed by atoms with E-state index in [-0.39, 0.29) is 0 Å². The van der Waals surface area contributed by atoms with Crippen LogP contribution in [0.3, 0.4) is 0 Å². The Balaban J connectivity index is 2.44. The molecule has 6 heteroatoms. The zero-order valence-electron chi connectivity index (χ0n) is 10.8. The fraction of sp³-hybridized carbons (Fsp3) is 0.455. The van der Waals surface area contributed by atoms with Gasteiger partial charge in [-0.25, -0.2) is 4.68 Å². The molecule has 92 valence electrons. The first kappa shape index (κ1) is 11.5. The molecule has 0 aliphatic heterocycles. The van der Waals surface area contributed by atoms with E-state index in [0.717, 1.165) is 22.8 Å². The minimum atomic E-state index is 0.557. The van der Waals surface area contributed by atoms with E-state index in [2.05, 4.69) is 10.2 Å². The van der Waals surface area contributed by atoms with E-state index in [1.807, 2.05) is 27.8 Å². The molecule has 0 saturated heterocycles. The van der Waals surface area contributed by atoms with Crippen molar-refractivity contribution in [1.29, 1.82) is 0 Å². The van der Waals surface area contributed by atoms with Gasteiger partial charge < -0.3 is 10.5 Å². The molecule has 2 aromatic heterocycles. The van der Waals surface area contributed by atoms with Gasteiger partial charge in [0.25, 0.3) is 0 Å². The number of aromatic nitrogens is 4. The van der Waals surface area contributed by atoms with Crippen LogP contribution >= 0.6 is 0 Å². The molecule has 0 atom stereocenters. The first-order chi connectivity index (χ1) is 7.91. The lowest BCUT2D eigenvalue weighted by atomic mass is 10.3. The van der Waals surface area contributed by atoms with Crippen molar-refractivity contribution in [3.8, 4) is 11.6 Å². The summed E-state index contributed by atoms with van der Waals surface area (Å²) in [6, 6.07) is 0. The molecule has 0 amide bonds. The Morgan fingerprint density at radius 3 is 2.00 bits per heavy atom. The van der Waals surface area contributed by atoms with E-state index in [0.29, 0.717) is 11.6 Å². The molecule has 0 aliphatic carbocycles. The molecular weight excluding hydrogens is 218 g/mol. The van der Waals surface area contributed by atoms with E-state index in [1.165, 1.54) is 0 Å². The van der Waals surface area contributed by atoms with E-state index >= 15 is 0 Å². The van der Waals surface area contributed by atoms with Gasteiger partial charge in [-0.2, -0.15) is 10.2 Å². The van der Waals surface area contributed by atoms with E-state index < -0.39 is 0 Å². The number of nitrogens with zero attached hydrogens (tertiary/aromatic N) is 4. The standard InChI is InChI=1S/C11H17N5O/c1-6-9(12)11(16(5)13-6)17-10-7(2)14-15(4)8(10)3/h12H2,1-5H3. The number of nitrogens with two attached hydrogens (primary N) is 1. The van der Waals surface area contributed by atoms with Gasteiger partial charge in [0.15, 0.2) is 5.75 Å². The molecule has 0 fully saturated rings. The summed E-state index contributed by atoms with van der Waals surface area (Å²) < 4.78 is 9.25. The number of nitrogen functional groups attached to an aromatic ring is 1. The molecule has 0 saturated carbocycles. The lowest BCUT2D eigenvalue weighted by molar-refractivity contribution is 0.426. The van der Waals surface area contributed by atoms with Crippen molar-refractivity contribution in [3.05, 3.63) is 17.1 Å². The molecule has 2 N–H and O–H groups in total. The number of rotatable bonds is 2. The van der Waals surface area contributed by atoms with Crippen LogP contribution in [0.4, 0.5) is 5.69 Å². The molecule has 0 unspecified atom stereocenters. The van der Waals surface area contributed by atoms with Crippen molar-refractivity contribution in [2.75, 3.05) is 5.73 Å². The number of ether oxygens (including phenoxy) is 1. The quantitative estimate of drug-likeness (QED) is 0.855. The molecule has 0 spiro atoms. The van der Waals surface area contributed by atoms with Gasteiger partial charge in [0, 0.05) is 14.1 Å². The van der Waals surface area contributed by atoms with Crippen molar-refractivity contribution in [3.63, 3.8) is 0 Å². The van der Waals surface area contributed by atoms with Crippen LogP contribution in [0.1, 0.15) is 17.1 Å². The highest BCUT2D eigenvalue weighted by atomic mass is 16.5. The topological polar surface area (TPSA) is 70.9 Å². The van der Waals surface area contributed by atoms with Crippen LogP contribution in [-0.2, 0) is 14.1 Å². The van der Waals surface area contributed by atoms with Crippen molar-refractivity contribution >= 4 is 5.69 Å². The van der Waals surface area contributed by atoms with Gasteiger partial charge in [-0.15, -0.1) is 0 Å². The molecule has 0 aliphatic rings. The predicted octanol–water partition coefficient (Wildman–Crippen LogP) is 1.45. The third-order valence-electron chi connectivity index (χ3n) is 2.86. The van der Waals surface area contributed by atoms with Gasteiger partial charge in [0.1, 0.15) is 11.4 Å². The van der Waals surface area contributed by atoms with Gasteiger partial charge in [0.2, 0.25) is 5.88 Å². The summed E-state index contributed by atoms with van der Waals surface area (Å²) in [5.74, 6) is 1.30. The highest BCUT2D eigenvalue weighted by molar-refractivity contribution is 5.54. The highest BCUT2D eigenvalue weighted by Crippen LogP contribution is 2.32. The molecular formula is C11H17N5O. The monoisotopic (exact) mass is 235 g/mol.